The first kappa shape index (κ1) is 14.1. The minimum Gasteiger partial charge on any atom is -0.507 e. The van der Waals surface area contributed by atoms with Crippen molar-refractivity contribution in [3.8, 4) is 11.5 Å². The van der Waals surface area contributed by atoms with Crippen LogP contribution in [0.1, 0.15) is 31.9 Å². The highest BCUT2D eigenvalue weighted by Gasteiger charge is 2.19. The van der Waals surface area contributed by atoms with Crippen LogP contribution in [-0.2, 0) is 5.41 Å². The molecule has 0 unspecified atom stereocenters. The van der Waals surface area contributed by atoms with E-state index >= 15 is 0 Å². The van der Waals surface area contributed by atoms with Crippen molar-refractivity contribution in [2.75, 3.05) is 0 Å². The fraction of sp³-hybridized carbons (Fsp3) is 0.235. The van der Waals surface area contributed by atoms with Gasteiger partial charge in [-0.3, -0.25) is 4.99 Å². The molecule has 2 N–H and O–H groups in total. The second kappa shape index (κ2) is 5.37. The zero-order chi connectivity index (χ0) is 14.8. The van der Waals surface area contributed by atoms with E-state index < -0.39 is 0 Å². The molecule has 2 rings (SSSR count). The molecule has 0 saturated heterocycles. The number of phenols is 2. The molecule has 0 atom stereocenters. The molecule has 0 saturated carbocycles. The predicted octanol–water partition coefficient (Wildman–Crippen LogP) is 4.15. The van der Waals surface area contributed by atoms with Crippen LogP contribution in [0, 0.1) is 0 Å². The molecule has 2 aromatic rings. The molecule has 20 heavy (non-hydrogen) atoms. The molecule has 104 valence electrons. The van der Waals surface area contributed by atoms with Gasteiger partial charge in [0.2, 0.25) is 0 Å². The minimum atomic E-state index is -0.136. The average molecular weight is 269 g/mol. The van der Waals surface area contributed by atoms with Gasteiger partial charge in [-0.2, -0.15) is 0 Å². The molecule has 3 heteroatoms. The summed E-state index contributed by atoms with van der Waals surface area (Å²) < 4.78 is 0. The molecule has 2 aromatic carbocycles. The number of phenolic OH excluding ortho intramolecular Hbond substituents is 2. The summed E-state index contributed by atoms with van der Waals surface area (Å²) in [5.74, 6) is 0.356. The maximum atomic E-state index is 10.3. The number of rotatable bonds is 2. The predicted molar refractivity (Wildman–Crippen MR) is 82.2 cm³/mol. The summed E-state index contributed by atoms with van der Waals surface area (Å²) >= 11 is 0. The first-order valence-electron chi connectivity index (χ1n) is 6.54. The molecular weight excluding hydrogens is 250 g/mol. The summed E-state index contributed by atoms with van der Waals surface area (Å²) in [7, 11) is 0. The lowest BCUT2D eigenvalue weighted by atomic mass is 9.85. The van der Waals surface area contributed by atoms with Gasteiger partial charge in [-0.05, 0) is 29.2 Å². The highest BCUT2D eigenvalue weighted by Crippen LogP contribution is 2.33. The Morgan fingerprint density at radius 2 is 1.65 bits per heavy atom. The lowest BCUT2D eigenvalue weighted by molar-refractivity contribution is 0.446. The van der Waals surface area contributed by atoms with Crippen molar-refractivity contribution in [1.29, 1.82) is 0 Å². The van der Waals surface area contributed by atoms with E-state index in [1.165, 1.54) is 0 Å². The fourth-order valence-corrected chi connectivity index (χ4v) is 1.98. The van der Waals surface area contributed by atoms with Crippen LogP contribution in [0.25, 0.3) is 0 Å². The van der Waals surface area contributed by atoms with E-state index in [1.54, 1.807) is 36.5 Å². The van der Waals surface area contributed by atoms with Crippen molar-refractivity contribution in [2.45, 2.75) is 26.2 Å². The zero-order valence-electron chi connectivity index (χ0n) is 12.0. The van der Waals surface area contributed by atoms with Crippen molar-refractivity contribution in [3.05, 3.63) is 53.6 Å². The Morgan fingerprint density at radius 1 is 0.950 bits per heavy atom. The first-order chi connectivity index (χ1) is 9.39. The molecule has 0 heterocycles. The average Bonchev–Trinajstić information content (AvgIpc) is 2.38. The lowest BCUT2D eigenvalue weighted by Crippen LogP contribution is -2.11. The Kier molecular flexibility index (Phi) is 3.79. The van der Waals surface area contributed by atoms with Crippen molar-refractivity contribution in [1.82, 2.24) is 0 Å². The van der Waals surface area contributed by atoms with Crippen LogP contribution in [0.2, 0.25) is 0 Å². The Hall–Kier alpha value is -2.29. The van der Waals surface area contributed by atoms with Crippen LogP contribution in [0.15, 0.2) is 47.5 Å². The molecule has 0 aliphatic carbocycles. The third kappa shape index (κ3) is 2.99. The van der Waals surface area contributed by atoms with Crippen LogP contribution in [0.4, 0.5) is 5.69 Å². The molecule has 0 fully saturated rings. The fourth-order valence-electron chi connectivity index (χ4n) is 1.98. The second-order valence-electron chi connectivity index (χ2n) is 5.74. The quantitative estimate of drug-likeness (QED) is 0.805. The summed E-state index contributed by atoms with van der Waals surface area (Å²) in [6.07, 6.45) is 1.57. The van der Waals surface area contributed by atoms with Gasteiger partial charge in [0, 0.05) is 11.8 Å². The number of aliphatic imine (C=N–C) groups is 1. The number of aromatic hydroxyl groups is 2. The maximum absolute atomic E-state index is 10.3. The summed E-state index contributed by atoms with van der Waals surface area (Å²) in [4.78, 5) is 4.23. The SMILES string of the molecule is CC(C)(C)c1cccc(C=Nc2ccccc2O)c1O. The molecule has 0 aliphatic heterocycles. The molecule has 0 amide bonds. The van der Waals surface area contributed by atoms with E-state index in [0.29, 0.717) is 11.3 Å². The summed E-state index contributed by atoms with van der Waals surface area (Å²) in [5.41, 5.74) is 1.86. The van der Waals surface area contributed by atoms with Crippen molar-refractivity contribution >= 4 is 11.9 Å². The van der Waals surface area contributed by atoms with Gasteiger partial charge in [0.15, 0.2) is 0 Å². The standard InChI is InChI=1S/C17H19NO2/c1-17(2,3)13-8-6-7-12(16(13)20)11-18-14-9-4-5-10-15(14)19/h4-11,19-20H,1-3H3. The normalized spacial score (nSPS) is 11.9. The van der Waals surface area contributed by atoms with E-state index in [4.69, 9.17) is 0 Å². The van der Waals surface area contributed by atoms with E-state index in [2.05, 4.69) is 4.99 Å². The van der Waals surface area contributed by atoms with E-state index in [-0.39, 0.29) is 16.9 Å². The topological polar surface area (TPSA) is 52.8 Å². The van der Waals surface area contributed by atoms with Crippen molar-refractivity contribution < 1.29 is 10.2 Å². The zero-order valence-corrected chi connectivity index (χ0v) is 12.0. The minimum absolute atomic E-state index is 0.121. The van der Waals surface area contributed by atoms with Gasteiger partial charge >= 0.3 is 0 Å². The van der Waals surface area contributed by atoms with Crippen LogP contribution < -0.4 is 0 Å². The molecule has 0 aromatic heterocycles. The van der Waals surface area contributed by atoms with Gasteiger partial charge in [0.1, 0.15) is 17.2 Å². The monoisotopic (exact) mass is 269 g/mol. The summed E-state index contributed by atoms with van der Waals surface area (Å²) in [6.45, 7) is 6.14. The summed E-state index contributed by atoms with van der Waals surface area (Å²) in [5, 5.41) is 20.0. The molecule has 0 spiro atoms. The lowest BCUT2D eigenvalue weighted by Gasteiger charge is -2.21. The van der Waals surface area contributed by atoms with Crippen LogP contribution in [0.5, 0.6) is 11.5 Å². The van der Waals surface area contributed by atoms with Gasteiger partial charge in [0.25, 0.3) is 0 Å². The third-order valence-corrected chi connectivity index (χ3v) is 3.10. The Bertz CT molecular complexity index is 640. The molecule has 0 radical (unpaired) electrons. The Balaban J connectivity index is 2.38. The number of hydrogen-bond donors (Lipinski definition) is 2. The first-order valence-corrected chi connectivity index (χ1v) is 6.54. The van der Waals surface area contributed by atoms with E-state index in [0.717, 1.165) is 5.56 Å². The highest BCUT2D eigenvalue weighted by atomic mass is 16.3. The largest absolute Gasteiger partial charge is 0.507 e. The summed E-state index contributed by atoms with van der Waals surface area (Å²) in [6, 6.07) is 12.5. The molecular formula is C17H19NO2. The van der Waals surface area contributed by atoms with Gasteiger partial charge < -0.3 is 10.2 Å². The van der Waals surface area contributed by atoms with Gasteiger partial charge in [-0.1, -0.05) is 45.0 Å². The smallest absolute Gasteiger partial charge is 0.141 e. The van der Waals surface area contributed by atoms with Crippen molar-refractivity contribution in [3.63, 3.8) is 0 Å². The second-order valence-corrected chi connectivity index (χ2v) is 5.74. The van der Waals surface area contributed by atoms with Gasteiger partial charge in [-0.25, -0.2) is 0 Å². The third-order valence-electron chi connectivity index (χ3n) is 3.10. The van der Waals surface area contributed by atoms with Crippen LogP contribution in [-0.4, -0.2) is 16.4 Å². The Morgan fingerprint density at radius 3 is 2.30 bits per heavy atom. The highest BCUT2D eigenvalue weighted by molar-refractivity contribution is 5.86. The van der Waals surface area contributed by atoms with Gasteiger partial charge in [-0.15, -0.1) is 0 Å². The number of benzene rings is 2. The number of nitrogens with zero attached hydrogens (tertiary/aromatic N) is 1. The molecule has 0 aliphatic rings. The molecule has 3 nitrogen and oxygen atoms in total. The maximum Gasteiger partial charge on any atom is 0.141 e. The van der Waals surface area contributed by atoms with Crippen molar-refractivity contribution in [2.24, 2.45) is 4.99 Å². The number of hydrogen-bond acceptors (Lipinski definition) is 3. The molecule has 0 bridgehead atoms. The Labute approximate surface area is 119 Å². The number of para-hydroxylation sites is 3. The van der Waals surface area contributed by atoms with E-state index in [1.807, 2.05) is 32.9 Å². The van der Waals surface area contributed by atoms with Crippen LogP contribution in [0.3, 0.4) is 0 Å². The van der Waals surface area contributed by atoms with Crippen LogP contribution >= 0.6 is 0 Å². The van der Waals surface area contributed by atoms with E-state index in [9.17, 15) is 10.2 Å². The van der Waals surface area contributed by atoms with Gasteiger partial charge in [0.05, 0.1) is 0 Å².